The van der Waals surface area contributed by atoms with Crippen molar-refractivity contribution in [2.45, 2.75) is 18.9 Å². The molecule has 1 aliphatic heterocycles. The van der Waals surface area contributed by atoms with E-state index in [4.69, 9.17) is 22.1 Å². The van der Waals surface area contributed by atoms with E-state index in [9.17, 15) is 4.79 Å². The summed E-state index contributed by atoms with van der Waals surface area (Å²) in [7, 11) is 0. The number of nitrogens with zero attached hydrogens (tertiary/aromatic N) is 2. The van der Waals surface area contributed by atoms with Gasteiger partial charge in [0, 0.05) is 37.2 Å². The van der Waals surface area contributed by atoms with Gasteiger partial charge in [0.05, 0.1) is 17.4 Å². The normalized spacial score (nSPS) is 15.4. The first-order chi connectivity index (χ1) is 11.1. The van der Waals surface area contributed by atoms with Crippen molar-refractivity contribution in [2.24, 2.45) is 0 Å². The topological polar surface area (TPSA) is 68.5 Å². The molecule has 5 nitrogen and oxygen atoms in total. The van der Waals surface area contributed by atoms with Crippen molar-refractivity contribution in [3.63, 3.8) is 0 Å². The van der Waals surface area contributed by atoms with Crippen LogP contribution in [0.1, 0.15) is 23.2 Å². The highest BCUT2D eigenvalue weighted by Crippen LogP contribution is 2.22. The first-order valence-electron chi connectivity index (χ1n) is 7.54. The molecule has 0 atom stereocenters. The van der Waals surface area contributed by atoms with Crippen molar-refractivity contribution in [2.75, 3.05) is 18.8 Å². The van der Waals surface area contributed by atoms with E-state index in [1.54, 1.807) is 12.3 Å². The summed E-state index contributed by atoms with van der Waals surface area (Å²) < 4.78 is 5.94. The molecule has 0 unspecified atom stereocenters. The van der Waals surface area contributed by atoms with Crippen LogP contribution >= 0.6 is 11.6 Å². The van der Waals surface area contributed by atoms with Crippen LogP contribution in [0.3, 0.4) is 0 Å². The lowest BCUT2D eigenvalue weighted by Crippen LogP contribution is -2.42. The molecule has 23 heavy (non-hydrogen) atoms. The van der Waals surface area contributed by atoms with Crippen molar-refractivity contribution in [1.82, 2.24) is 9.88 Å². The molecule has 0 aliphatic carbocycles. The van der Waals surface area contributed by atoms with Crippen LogP contribution in [-0.4, -0.2) is 35.0 Å². The van der Waals surface area contributed by atoms with Crippen LogP contribution in [0, 0.1) is 0 Å². The van der Waals surface area contributed by atoms with E-state index in [1.165, 1.54) is 6.20 Å². The summed E-state index contributed by atoms with van der Waals surface area (Å²) in [5.74, 6) is 0.757. The average Bonchev–Trinajstić information content (AvgIpc) is 2.57. The van der Waals surface area contributed by atoms with Gasteiger partial charge in [-0.15, -0.1) is 0 Å². The number of nitrogen functional groups attached to an aromatic ring is 1. The Morgan fingerprint density at radius 1 is 1.22 bits per heavy atom. The van der Waals surface area contributed by atoms with E-state index in [1.807, 2.05) is 29.2 Å². The number of amides is 1. The van der Waals surface area contributed by atoms with Crippen molar-refractivity contribution in [3.8, 4) is 5.75 Å². The Morgan fingerprint density at radius 2 is 1.91 bits per heavy atom. The molecular formula is C17H18ClN3O2. The minimum atomic E-state index is -0.0464. The SMILES string of the molecule is Nc1cnccc1C(=O)N1CCC(Oc2ccc(Cl)cc2)CC1. The van der Waals surface area contributed by atoms with Crippen LogP contribution in [-0.2, 0) is 0 Å². The number of carbonyl (C=O) groups excluding carboxylic acids is 1. The molecule has 2 N–H and O–H groups in total. The lowest BCUT2D eigenvalue weighted by Gasteiger charge is -2.32. The van der Waals surface area contributed by atoms with Gasteiger partial charge in [-0.3, -0.25) is 9.78 Å². The molecule has 1 aromatic carbocycles. The Labute approximate surface area is 140 Å². The minimum absolute atomic E-state index is 0.0464. The molecule has 2 aromatic rings. The fourth-order valence-electron chi connectivity index (χ4n) is 2.65. The van der Waals surface area contributed by atoms with E-state index >= 15 is 0 Å². The van der Waals surface area contributed by atoms with E-state index in [0.29, 0.717) is 29.4 Å². The Hall–Kier alpha value is -2.27. The van der Waals surface area contributed by atoms with Gasteiger partial charge >= 0.3 is 0 Å². The number of anilines is 1. The van der Waals surface area contributed by atoms with Gasteiger partial charge in [-0.2, -0.15) is 0 Å². The van der Waals surface area contributed by atoms with Crippen molar-refractivity contribution in [3.05, 3.63) is 53.3 Å². The minimum Gasteiger partial charge on any atom is -0.490 e. The quantitative estimate of drug-likeness (QED) is 0.938. The van der Waals surface area contributed by atoms with Crippen molar-refractivity contribution in [1.29, 1.82) is 0 Å². The summed E-state index contributed by atoms with van der Waals surface area (Å²) in [6.07, 6.45) is 4.78. The zero-order valence-corrected chi connectivity index (χ0v) is 13.4. The number of hydrogen-bond donors (Lipinski definition) is 1. The molecule has 0 bridgehead atoms. The van der Waals surface area contributed by atoms with Crippen molar-refractivity contribution < 1.29 is 9.53 Å². The second-order valence-corrected chi connectivity index (χ2v) is 5.96. The maximum absolute atomic E-state index is 12.5. The fourth-order valence-corrected chi connectivity index (χ4v) is 2.78. The molecule has 0 radical (unpaired) electrons. The third-order valence-corrected chi connectivity index (χ3v) is 4.18. The van der Waals surface area contributed by atoms with Crippen LogP contribution in [0.2, 0.25) is 5.02 Å². The molecule has 1 aliphatic rings. The predicted octanol–water partition coefficient (Wildman–Crippen LogP) is 3.00. The molecule has 1 aromatic heterocycles. The monoisotopic (exact) mass is 331 g/mol. The molecule has 0 saturated carbocycles. The number of ether oxygens (including phenoxy) is 1. The Kier molecular flexibility index (Phi) is 4.67. The summed E-state index contributed by atoms with van der Waals surface area (Å²) in [4.78, 5) is 18.2. The first kappa shape index (κ1) is 15.6. The zero-order chi connectivity index (χ0) is 16.2. The van der Waals surface area contributed by atoms with Gasteiger partial charge in [0.2, 0.25) is 0 Å². The predicted molar refractivity (Wildman–Crippen MR) is 89.7 cm³/mol. The van der Waals surface area contributed by atoms with Gasteiger partial charge in [-0.05, 0) is 30.3 Å². The van der Waals surface area contributed by atoms with E-state index in [2.05, 4.69) is 4.98 Å². The molecule has 6 heteroatoms. The average molecular weight is 332 g/mol. The van der Waals surface area contributed by atoms with Gasteiger partial charge in [0.25, 0.3) is 5.91 Å². The number of aromatic nitrogens is 1. The number of carbonyl (C=O) groups is 1. The van der Waals surface area contributed by atoms with Crippen LogP contribution in [0.25, 0.3) is 0 Å². The van der Waals surface area contributed by atoms with Crippen LogP contribution in [0.4, 0.5) is 5.69 Å². The standard InChI is InChI=1S/C17H18ClN3O2/c18-12-1-3-13(4-2-12)23-14-6-9-21(10-7-14)17(22)15-5-8-20-11-16(15)19/h1-5,8,11,14H,6-7,9-10,19H2. The van der Waals surface area contributed by atoms with Crippen LogP contribution < -0.4 is 10.5 Å². The number of likely N-dealkylation sites (tertiary alicyclic amines) is 1. The highest BCUT2D eigenvalue weighted by molar-refractivity contribution is 6.30. The summed E-state index contributed by atoms with van der Waals surface area (Å²) >= 11 is 5.86. The summed E-state index contributed by atoms with van der Waals surface area (Å²) in [5, 5.41) is 0.688. The third kappa shape index (κ3) is 3.74. The lowest BCUT2D eigenvalue weighted by atomic mass is 10.1. The Morgan fingerprint density at radius 3 is 2.57 bits per heavy atom. The maximum atomic E-state index is 12.5. The molecule has 1 saturated heterocycles. The largest absolute Gasteiger partial charge is 0.490 e. The summed E-state index contributed by atoms with van der Waals surface area (Å²) in [5.41, 5.74) is 6.75. The molecule has 3 rings (SSSR count). The number of hydrogen-bond acceptors (Lipinski definition) is 4. The molecule has 1 fully saturated rings. The first-order valence-corrected chi connectivity index (χ1v) is 7.92. The van der Waals surface area contributed by atoms with Gasteiger partial charge in [-0.1, -0.05) is 11.6 Å². The molecular weight excluding hydrogens is 314 g/mol. The van der Waals surface area contributed by atoms with Crippen LogP contribution in [0.5, 0.6) is 5.75 Å². The molecule has 2 heterocycles. The van der Waals surface area contributed by atoms with E-state index in [0.717, 1.165) is 18.6 Å². The number of benzene rings is 1. The second kappa shape index (κ2) is 6.87. The second-order valence-electron chi connectivity index (χ2n) is 5.53. The van der Waals surface area contributed by atoms with E-state index < -0.39 is 0 Å². The lowest BCUT2D eigenvalue weighted by molar-refractivity contribution is 0.0596. The highest BCUT2D eigenvalue weighted by atomic mass is 35.5. The smallest absolute Gasteiger partial charge is 0.256 e. The number of nitrogens with two attached hydrogens (primary N) is 1. The maximum Gasteiger partial charge on any atom is 0.256 e. The summed E-state index contributed by atoms with van der Waals surface area (Å²) in [6.45, 7) is 1.30. The number of rotatable bonds is 3. The molecule has 0 spiro atoms. The van der Waals surface area contributed by atoms with E-state index in [-0.39, 0.29) is 12.0 Å². The van der Waals surface area contributed by atoms with Gasteiger partial charge in [-0.25, -0.2) is 0 Å². The number of pyridine rings is 1. The van der Waals surface area contributed by atoms with Crippen LogP contribution in [0.15, 0.2) is 42.7 Å². The zero-order valence-electron chi connectivity index (χ0n) is 12.6. The fraction of sp³-hybridized carbons (Fsp3) is 0.294. The molecule has 120 valence electrons. The third-order valence-electron chi connectivity index (χ3n) is 3.93. The summed E-state index contributed by atoms with van der Waals surface area (Å²) in [6, 6.07) is 8.99. The van der Waals surface area contributed by atoms with Gasteiger partial charge in [0.15, 0.2) is 0 Å². The van der Waals surface area contributed by atoms with Crippen molar-refractivity contribution >= 4 is 23.2 Å². The highest BCUT2D eigenvalue weighted by Gasteiger charge is 2.25. The molecule has 1 amide bonds. The van der Waals surface area contributed by atoms with Gasteiger partial charge < -0.3 is 15.4 Å². The van der Waals surface area contributed by atoms with Gasteiger partial charge in [0.1, 0.15) is 11.9 Å². The number of piperidine rings is 1. The Balaban J connectivity index is 1.57. The Bertz CT molecular complexity index is 682. The number of halogens is 1.